The monoisotopic (exact) mass is 310 g/mol. The molecule has 0 aromatic heterocycles. The third-order valence-electron chi connectivity index (χ3n) is 2.34. The zero-order chi connectivity index (χ0) is 16.0. The van der Waals surface area contributed by atoms with Crippen molar-refractivity contribution >= 4 is 21.7 Å². The van der Waals surface area contributed by atoms with Gasteiger partial charge in [0.25, 0.3) is 0 Å². The molecule has 0 saturated heterocycles. The molecule has 6 N–H and O–H groups in total. The second-order valence-corrected chi connectivity index (χ2v) is 5.50. The minimum absolute atomic E-state index is 0.0671. The Balaban J connectivity index is 0.000000211. The molecule has 0 bridgehead atoms. The zero-order valence-corrected chi connectivity index (χ0v) is 11.6. The van der Waals surface area contributed by atoms with E-state index in [-0.39, 0.29) is 16.2 Å². The topological polar surface area (TPSA) is 144 Å². The van der Waals surface area contributed by atoms with Gasteiger partial charge >= 0.3 is 5.97 Å². The molecule has 0 radical (unpaired) electrons. The lowest BCUT2D eigenvalue weighted by atomic mass is 10.2. The first-order chi connectivity index (χ1) is 9.71. The average molecular weight is 310 g/mol. The van der Waals surface area contributed by atoms with Gasteiger partial charge < -0.3 is 15.9 Å². The number of carboxylic acid groups (broad SMARTS) is 1. The van der Waals surface area contributed by atoms with Crippen molar-refractivity contribution in [2.45, 2.75) is 4.90 Å². The second kappa shape index (κ2) is 6.73. The van der Waals surface area contributed by atoms with Gasteiger partial charge in [0.2, 0.25) is 10.0 Å². The van der Waals surface area contributed by atoms with Crippen LogP contribution >= 0.6 is 0 Å². The smallest absolute Gasteiger partial charge is 0.339 e. The van der Waals surface area contributed by atoms with E-state index in [0.717, 1.165) is 0 Å². The number of phenols is 1. The number of carboxylic acids is 1. The molecular weight excluding hydrogens is 296 g/mol. The van der Waals surface area contributed by atoms with Gasteiger partial charge in [-0.25, -0.2) is 18.4 Å². The quantitative estimate of drug-likeness (QED) is 0.609. The van der Waals surface area contributed by atoms with E-state index in [0.29, 0.717) is 5.69 Å². The van der Waals surface area contributed by atoms with Crippen molar-refractivity contribution in [2.75, 3.05) is 5.73 Å². The van der Waals surface area contributed by atoms with E-state index in [4.69, 9.17) is 21.1 Å². The van der Waals surface area contributed by atoms with Crippen molar-refractivity contribution in [1.29, 1.82) is 0 Å². The maximum atomic E-state index is 10.7. The van der Waals surface area contributed by atoms with Gasteiger partial charge in [0, 0.05) is 5.69 Å². The number of anilines is 1. The second-order valence-electron chi connectivity index (χ2n) is 3.94. The summed E-state index contributed by atoms with van der Waals surface area (Å²) in [5, 5.41) is 22.1. The normalized spacial score (nSPS) is 10.3. The summed E-state index contributed by atoms with van der Waals surface area (Å²) in [7, 11) is -3.58. The fraction of sp³-hybridized carbons (Fsp3) is 0. The van der Waals surface area contributed by atoms with Crippen molar-refractivity contribution in [3.8, 4) is 5.75 Å². The van der Waals surface area contributed by atoms with Gasteiger partial charge in [0.05, 0.1) is 4.90 Å². The highest BCUT2D eigenvalue weighted by molar-refractivity contribution is 7.89. The van der Waals surface area contributed by atoms with Crippen LogP contribution in [0.25, 0.3) is 0 Å². The first-order valence-corrected chi connectivity index (χ1v) is 7.16. The molecule has 0 amide bonds. The molecule has 112 valence electrons. The number of para-hydroxylation sites is 1. The number of aromatic carboxylic acids is 1. The Morgan fingerprint density at radius 3 is 1.90 bits per heavy atom. The SMILES string of the molecule is Nc1ccc(S(N)(=O)=O)cc1.O=C(O)c1ccccc1O. The fourth-order valence-corrected chi connectivity index (χ4v) is 1.83. The van der Waals surface area contributed by atoms with E-state index >= 15 is 0 Å². The summed E-state index contributed by atoms with van der Waals surface area (Å²) >= 11 is 0. The lowest BCUT2D eigenvalue weighted by molar-refractivity contribution is 0.0693. The van der Waals surface area contributed by atoms with E-state index in [1.165, 1.54) is 36.4 Å². The summed E-state index contributed by atoms with van der Waals surface area (Å²) in [5.41, 5.74) is 5.78. The molecule has 0 spiro atoms. The molecule has 7 nitrogen and oxygen atoms in total. The van der Waals surface area contributed by atoms with Gasteiger partial charge in [0.15, 0.2) is 0 Å². The van der Waals surface area contributed by atoms with Crippen molar-refractivity contribution in [2.24, 2.45) is 5.14 Å². The van der Waals surface area contributed by atoms with E-state index < -0.39 is 16.0 Å². The Morgan fingerprint density at radius 1 is 1.00 bits per heavy atom. The average Bonchev–Trinajstić information content (AvgIpc) is 2.39. The summed E-state index contributed by atoms with van der Waals surface area (Å²) in [5.74, 6) is -1.31. The lowest BCUT2D eigenvalue weighted by Crippen LogP contribution is -2.11. The molecule has 21 heavy (non-hydrogen) atoms. The first-order valence-electron chi connectivity index (χ1n) is 5.61. The molecule has 0 aliphatic carbocycles. The number of primary sulfonamides is 1. The van der Waals surface area contributed by atoms with Gasteiger partial charge in [0.1, 0.15) is 11.3 Å². The number of benzene rings is 2. The minimum atomic E-state index is -3.58. The Hall–Kier alpha value is -2.58. The highest BCUT2D eigenvalue weighted by atomic mass is 32.2. The van der Waals surface area contributed by atoms with Gasteiger partial charge in [-0.05, 0) is 36.4 Å². The van der Waals surface area contributed by atoms with Crippen LogP contribution in [-0.4, -0.2) is 24.6 Å². The Morgan fingerprint density at radius 2 is 1.52 bits per heavy atom. The van der Waals surface area contributed by atoms with Crippen LogP contribution in [0.5, 0.6) is 5.75 Å². The molecule has 2 aromatic rings. The van der Waals surface area contributed by atoms with Gasteiger partial charge in [-0.2, -0.15) is 0 Å². The van der Waals surface area contributed by atoms with Crippen molar-refractivity contribution in [3.05, 3.63) is 54.1 Å². The van der Waals surface area contributed by atoms with Crippen LogP contribution in [0.15, 0.2) is 53.4 Å². The maximum Gasteiger partial charge on any atom is 0.339 e. The molecule has 0 aliphatic rings. The van der Waals surface area contributed by atoms with Gasteiger partial charge in [-0.3, -0.25) is 0 Å². The maximum absolute atomic E-state index is 10.7. The summed E-state index contributed by atoms with van der Waals surface area (Å²) in [6.45, 7) is 0. The zero-order valence-electron chi connectivity index (χ0n) is 10.8. The summed E-state index contributed by atoms with van der Waals surface area (Å²) in [6.07, 6.45) is 0. The van der Waals surface area contributed by atoms with Crippen molar-refractivity contribution in [3.63, 3.8) is 0 Å². The number of carbonyl (C=O) groups is 1. The molecule has 0 saturated carbocycles. The molecule has 8 heteroatoms. The van der Waals surface area contributed by atoms with Crippen LogP contribution in [0.2, 0.25) is 0 Å². The van der Waals surface area contributed by atoms with Crippen LogP contribution in [0, 0.1) is 0 Å². The standard InChI is InChI=1S/C7H6O3.C6H8N2O2S/c8-6-4-2-1-3-5(6)7(9)10;7-5-1-3-6(4-2-5)11(8,9)10/h1-4,8H,(H,9,10);1-4H,7H2,(H2,8,9,10). The van der Waals surface area contributed by atoms with Crippen LogP contribution in [0.1, 0.15) is 10.4 Å². The summed E-state index contributed by atoms with van der Waals surface area (Å²) in [6, 6.07) is 11.5. The number of nitrogens with two attached hydrogens (primary N) is 2. The molecule has 0 heterocycles. The van der Waals surface area contributed by atoms with Gasteiger partial charge in [-0.15, -0.1) is 0 Å². The highest BCUT2D eigenvalue weighted by Gasteiger charge is 2.06. The number of aromatic hydroxyl groups is 1. The predicted molar refractivity (Wildman–Crippen MR) is 77.3 cm³/mol. The van der Waals surface area contributed by atoms with E-state index in [1.54, 1.807) is 12.1 Å². The number of rotatable bonds is 2. The Bertz CT molecular complexity index is 726. The summed E-state index contributed by atoms with van der Waals surface area (Å²) in [4.78, 5) is 10.3. The Labute approximate surface area is 121 Å². The van der Waals surface area contributed by atoms with E-state index in [1.807, 2.05) is 0 Å². The number of hydrogen-bond acceptors (Lipinski definition) is 5. The third kappa shape index (κ3) is 5.13. The van der Waals surface area contributed by atoms with E-state index in [9.17, 15) is 13.2 Å². The highest BCUT2D eigenvalue weighted by Crippen LogP contribution is 2.14. The van der Waals surface area contributed by atoms with Crippen LogP contribution < -0.4 is 10.9 Å². The summed E-state index contributed by atoms with van der Waals surface area (Å²) < 4.78 is 21.4. The number of hydrogen-bond donors (Lipinski definition) is 4. The predicted octanol–water partition coefficient (Wildman–Crippen LogP) is 1.01. The molecule has 0 atom stereocenters. The molecule has 0 fully saturated rings. The van der Waals surface area contributed by atoms with Crippen molar-refractivity contribution in [1.82, 2.24) is 0 Å². The first kappa shape index (κ1) is 16.5. The molecule has 0 aliphatic heterocycles. The fourth-order valence-electron chi connectivity index (χ4n) is 1.31. The molecular formula is C13H14N2O5S. The van der Waals surface area contributed by atoms with E-state index in [2.05, 4.69) is 0 Å². The number of nitrogen functional groups attached to an aromatic ring is 1. The van der Waals surface area contributed by atoms with Crippen molar-refractivity contribution < 1.29 is 23.4 Å². The van der Waals surface area contributed by atoms with Crippen LogP contribution in [-0.2, 0) is 10.0 Å². The molecule has 2 rings (SSSR count). The lowest BCUT2D eigenvalue weighted by Gasteiger charge is -1.96. The largest absolute Gasteiger partial charge is 0.507 e. The van der Waals surface area contributed by atoms with Crippen LogP contribution in [0.3, 0.4) is 0 Å². The van der Waals surface area contributed by atoms with Crippen LogP contribution in [0.4, 0.5) is 5.69 Å². The third-order valence-corrected chi connectivity index (χ3v) is 3.27. The molecule has 0 unspecified atom stereocenters. The van der Waals surface area contributed by atoms with Gasteiger partial charge in [-0.1, -0.05) is 12.1 Å². The number of sulfonamides is 1. The Kier molecular flexibility index (Phi) is 5.28. The minimum Gasteiger partial charge on any atom is -0.507 e. The molecule has 2 aromatic carbocycles.